The van der Waals surface area contributed by atoms with Crippen LogP contribution in [0.1, 0.15) is 6.42 Å². The van der Waals surface area contributed by atoms with Crippen molar-refractivity contribution in [2.45, 2.75) is 35.1 Å². The summed E-state index contributed by atoms with van der Waals surface area (Å²) in [7, 11) is -12.6. The predicted molar refractivity (Wildman–Crippen MR) is 97.2 cm³/mol. The monoisotopic (exact) mass is 483 g/mol. The highest BCUT2D eigenvalue weighted by atomic mass is 32.1. The van der Waals surface area contributed by atoms with Crippen LogP contribution in [0.5, 0.6) is 0 Å². The Hall–Kier alpha value is 1.77. The lowest BCUT2D eigenvalue weighted by Gasteiger charge is -2.47. The van der Waals surface area contributed by atoms with Gasteiger partial charge < -0.3 is 32.9 Å². The van der Waals surface area contributed by atoms with Crippen molar-refractivity contribution in [1.82, 2.24) is 0 Å². The zero-order chi connectivity index (χ0) is 16.1. The summed E-state index contributed by atoms with van der Waals surface area (Å²) in [6, 6.07) is 0.912. The van der Waals surface area contributed by atoms with Crippen molar-refractivity contribution in [3.8, 4) is 0 Å². The molecule has 0 aromatic carbocycles. The molecule has 0 spiro atoms. The summed E-state index contributed by atoms with van der Waals surface area (Å²) in [5.74, 6) is 0.828. The van der Waals surface area contributed by atoms with Gasteiger partial charge in [-0.15, -0.1) is 0 Å². The van der Waals surface area contributed by atoms with Crippen LogP contribution in [-0.4, -0.2) is 79.3 Å². The third-order valence-electron chi connectivity index (χ3n) is 3.96. The van der Waals surface area contributed by atoms with Crippen molar-refractivity contribution in [3.63, 3.8) is 0 Å². The summed E-state index contributed by atoms with van der Waals surface area (Å²) in [5, 5.41) is 0. The highest BCUT2D eigenvalue weighted by Crippen LogP contribution is 2.37. The molecule has 7 radical (unpaired) electrons. The van der Waals surface area contributed by atoms with Crippen molar-refractivity contribution in [2.75, 3.05) is 5.75 Å². The minimum Gasteiger partial charge on any atom is -0.415 e. The van der Waals surface area contributed by atoms with Crippen LogP contribution in [0, 0.1) is 0 Å². The molecule has 0 amide bonds. The van der Waals surface area contributed by atoms with E-state index >= 15 is 0 Å². The average Bonchev–Trinajstić information content (AvgIpc) is 2.39. The summed E-state index contributed by atoms with van der Waals surface area (Å²) in [6.45, 7) is 0. The van der Waals surface area contributed by atoms with Gasteiger partial charge in [-0.05, 0) is 18.2 Å². The molecule has 0 aliphatic carbocycles. The fourth-order valence-corrected chi connectivity index (χ4v) is 39.1. The third kappa shape index (κ3) is 3.69. The maximum atomic E-state index is 6.67. The number of rotatable bonds is 3. The quantitative estimate of drug-likeness (QED) is 0.426. The molecule has 8 nitrogen and oxygen atoms in total. The zero-order valence-electron chi connectivity index (χ0n) is 12.7. The Balaban J connectivity index is 1.54. The molecular formula is C7H15O8SSi8. The standard InChI is InChI=1S/C7H15O8SSi8/c16-2-1-3-24-7-23-12-18-4-17-8-19(5-21(10-18)14-24)11-22(15-24)6-20(9-17)13-23/h16H,1-7H2. The minimum absolute atomic E-state index is 0.780. The van der Waals surface area contributed by atoms with Crippen molar-refractivity contribution >= 4 is 86.2 Å². The zero-order valence-corrected chi connectivity index (χ0v) is 21.6. The van der Waals surface area contributed by atoms with E-state index in [0.717, 1.165) is 40.9 Å². The van der Waals surface area contributed by atoms with Gasteiger partial charge in [-0.1, -0.05) is 0 Å². The third-order valence-corrected chi connectivity index (χ3v) is 31.4. The van der Waals surface area contributed by atoms with Gasteiger partial charge in [0.15, 0.2) is 0 Å². The molecule has 0 N–H and O–H groups in total. The van der Waals surface area contributed by atoms with E-state index in [1.807, 2.05) is 0 Å². The van der Waals surface area contributed by atoms with E-state index in [0.29, 0.717) is 0 Å². The van der Waals surface area contributed by atoms with E-state index in [9.17, 15) is 0 Å². The molecule has 0 saturated carbocycles. The molecule has 8 bridgehead atoms. The summed E-state index contributed by atoms with van der Waals surface area (Å²) in [4.78, 5) is 0. The topological polar surface area (TPSA) is 73.8 Å². The Morgan fingerprint density at radius 2 is 1.12 bits per heavy atom. The second-order valence-electron chi connectivity index (χ2n) is 5.87. The summed E-state index contributed by atoms with van der Waals surface area (Å²) in [6.07, 6.45) is 0.975. The van der Waals surface area contributed by atoms with Crippen LogP contribution in [-0.2, 0) is 32.9 Å². The smallest absolute Gasteiger partial charge is 0.367 e. The lowest BCUT2D eigenvalue weighted by Crippen LogP contribution is -2.68. The molecule has 6 saturated heterocycles. The summed E-state index contributed by atoms with van der Waals surface area (Å²) < 4.78 is 51.2. The Kier molecular flexibility index (Phi) is 5.43. The molecular weight excluding hydrogens is 469 g/mol. The van der Waals surface area contributed by atoms with Gasteiger partial charge in [-0.2, -0.15) is 12.6 Å². The Morgan fingerprint density at radius 3 is 1.67 bits per heavy atom. The molecule has 6 fully saturated rings. The molecule has 0 aromatic rings. The molecule has 6 rings (SSSR count). The molecule has 0 aromatic heterocycles. The SMILES string of the molecule is SCCC[Si]12C[Si]3O[Si]4C[Si](O[Si]5C[Si](O[Si](C[Si](O4)O5)O3)O1)O2. The predicted octanol–water partition coefficient (Wildman–Crippen LogP) is -0.476. The number of hydrogen-bond donors (Lipinski definition) is 1. The van der Waals surface area contributed by atoms with Crippen molar-refractivity contribution in [2.24, 2.45) is 0 Å². The Morgan fingerprint density at radius 1 is 0.667 bits per heavy atom. The largest absolute Gasteiger partial charge is 0.415 e. The van der Waals surface area contributed by atoms with Gasteiger partial charge in [-0.3, -0.25) is 0 Å². The van der Waals surface area contributed by atoms with Crippen LogP contribution in [0.3, 0.4) is 0 Å². The van der Waals surface area contributed by atoms with Crippen molar-refractivity contribution < 1.29 is 32.9 Å². The Labute approximate surface area is 159 Å². The lowest BCUT2D eigenvalue weighted by molar-refractivity contribution is 0.228. The molecule has 1 unspecified atom stereocenters. The van der Waals surface area contributed by atoms with E-state index in [1.165, 1.54) is 0 Å². The molecule has 17 heteroatoms. The van der Waals surface area contributed by atoms with Crippen LogP contribution >= 0.6 is 12.6 Å². The van der Waals surface area contributed by atoms with Gasteiger partial charge in [0.2, 0.25) is 0 Å². The fraction of sp³-hybridized carbons (Fsp3) is 1.00. The first-order valence-corrected chi connectivity index (χ1v) is 21.3. The highest BCUT2D eigenvalue weighted by molar-refractivity contribution is 7.80. The van der Waals surface area contributed by atoms with E-state index in [1.54, 1.807) is 0 Å². The van der Waals surface area contributed by atoms with E-state index in [-0.39, 0.29) is 0 Å². The second kappa shape index (κ2) is 7.30. The number of hydrogen-bond acceptors (Lipinski definition) is 9. The first-order chi connectivity index (χ1) is 11.7. The molecule has 6 heterocycles. The van der Waals surface area contributed by atoms with Gasteiger partial charge in [0.1, 0.15) is 0 Å². The first kappa shape index (κ1) is 17.8. The summed E-state index contributed by atoms with van der Waals surface area (Å²) in [5.41, 5.74) is 3.15. The van der Waals surface area contributed by atoms with Crippen molar-refractivity contribution in [1.29, 1.82) is 0 Å². The first-order valence-electron chi connectivity index (χ1n) is 7.76. The summed E-state index contributed by atoms with van der Waals surface area (Å²) >= 11 is 4.38. The van der Waals surface area contributed by atoms with Crippen LogP contribution in [0.15, 0.2) is 0 Å². The van der Waals surface area contributed by atoms with Crippen LogP contribution in [0.2, 0.25) is 28.7 Å². The normalized spacial score (nSPS) is 37.4. The Bertz CT molecular complexity index is 416. The molecule has 6 aliphatic heterocycles. The van der Waals surface area contributed by atoms with E-state index < -0.39 is 73.5 Å². The van der Waals surface area contributed by atoms with Gasteiger partial charge in [-0.25, -0.2) is 0 Å². The maximum Gasteiger partial charge on any atom is 0.367 e. The molecule has 24 heavy (non-hydrogen) atoms. The van der Waals surface area contributed by atoms with Gasteiger partial charge >= 0.3 is 73.5 Å². The lowest BCUT2D eigenvalue weighted by atomic mass is 10.6. The van der Waals surface area contributed by atoms with Crippen molar-refractivity contribution in [3.05, 3.63) is 0 Å². The molecule has 129 valence electrons. The maximum absolute atomic E-state index is 6.67. The van der Waals surface area contributed by atoms with Gasteiger partial charge in [0, 0.05) is 22.7 Å². The fourth-order valence-electron chi connectivity index (χ4n) is 3.03. The van der Waals surface area contributed by atoms with Crippen LogP contribution in [0.25, 0.3) is 0 Å². The average molecular weight is 484 g/mol. The van der Waals surface area contributed by atoms with Crippen LogP contribution < -0.4 is 0 Å². The minimum atomic E-state index is -2.44. The van der Waals surface area contributed by atoms with Gasteiger partial charge in [0.05, 0.1) is 0 Å². The highest BCUT2D eigenvalue weighted by Gasteiger charge is 2.59. The number of thiol groups is 1. The van der Waals surface area contributed by atoms with Gasteiger partial charge in [0.25, 0.3) is 0 Å². The van der Waals surface area contributed by atoms with E-state index in [4.69, 9.17) is 32.9 Å². The van der Waals surface area contributed by atoms with E-state index in [2.05, 4.69) is 12.6 Å². The van der Waals surface area contributed by atoms with Crippen LogP contribution in [0.4, 0.5) is 0 Å². The molecule has 6 aliphatic rings. The second-order valence-corrected chi connectivity index (χ2v) is 26.0. The molecule has 1 atom stereocenters.